The van der Waals surface area contributed by atoms with Gasteiger partial charge in [-0.2, -0.15) is 0 Å². The van der Waals surface area contributed by atoms with Crippen LogP contribution in [0.3, 0.4) is 0 Å². The summed E-state index contributed by atoms with van der Waals surface area (Å²) in [5.74, 6) is -3.13. The third kappa shape index (κ3) is 13.3. The van der Waals surface area contributed by atoms with Gasteiger partial charge in [0, 0.05) is 19.4 Å². The van der Waals surface area contributed by atoms with Crippen LogP contribution >= 0.6 is 0 Å². The number of hydrogen-bond acceptors (Lipinski definition) is 8. The van der Waals surface area contributed by atoms with Gasteiger partial charge in [0.15, 0.2) is 6.10 Å². The van der Waals surface area contributed by atoms with Crippen molar-refractivity contribution in [2.75, 3.05) is 6.54 Å². The molecule has 5 amide bonds. The monoisotopic (exact) mass is 769 g/mol. The molecule has 1 aliphatic carbocycles. The highest BCUT2D eigenvalue weighted by Gasteiger charge is 2.51. The molecule has 0 bridgehead atoms. The lowest BCUT2D eigenvalue weighted by atomic mass is 9.92. The van der Waals surface area contributed by atoms with E-state index in [-0.39, 0.29) is 60.3 Å². The molecule has 308 valence electrons. The van der Waals surface area contributed by atoms with Crippen LogP contribution in [-0.4, -0.2) is 87.9 Å². The van der Waals surface area contributed by atoms with E-state index in [1.165, 1.54) is 0 Å². The third-order valence-electron chi connectivity index (χ3n) is 10.6. The van der Waals surface area contributed by atoms with E-state index in [2.05, 4.69) is 21.3 Å². The first-order valence-corrected chi connectivity index (χ1v) is 20.3. The van der Waals surface area contributed by atoms with Crippen molar-refractivity contribution in [2.45, 2.75) is 162 Å². The maximum absolute atomic E-state index is 14.4. The van der Waals surface area contributed by atoms with Crippen LogP contribution in [-0.2, 0) is 33.5 Å². The van der Waals surface area contributed by atoms with Crippen molar-refractivity contribution in [3.05, 3.63) is 35.9 Å². The fraction of sp³-hybridized carbons (Fsp3) is 0.714. The average Bonchev–Trinajstić information content (AvgIpc) is 3.72. The van der Waals surface area contributed by atoms with Crippen molar-refractivity contribution in [1.29, 1.82) is 0 Å². The molecule has 0 radical (unpaired) electrons. The molecule has 55 heavy (non-hydrogen) atoms. The Bertz CT molecular complexity index is 1460. The molecule has 3 unspecified atom stereocenters. The summed E-state index contributed by atoms with van der Waals surface area (Å²) in [6.45, 7) is 16.8. The van der Waals surface area contributed by atoms with Gasteiger partial charge in [-0.1, -0.05) is 77.8 Å². The number of nitrogens with one attached hydrogen (secondary N) is 4. The van der Waals surface area contributed by atoms with Gasteiger partial charge in [-0.15, -0.1) is 0 Å². The molecule has 2 fully saturated rings. The molecular formula is C42H67N5O8. The molecule has 1 aromatic rings. The normalized spacial score (nSPS) is 20.9. The highest BCUT2D eigenvalue weighted by Crippen LogP contribution is 2.43. The van der Waals surface area contributed by atoms with E-state index in [0.29, 0.717) is 32.2 Å². The van der Waals surface area contributed by atoms with Crippen molar-refractivity contribution >= 4 is 35.5 Å². The summed E-state index contributed by atoms with van der Waals surface area (Å²) in [7, 11) is 0. The lowest BCUT2D eigenvalue weighted by Crippen LogP contribution is -2.60. The minimum absolute atomic E-state index is 0.0863. The molecule has 8 atom stereocenters. The van der Waals surface area contributed by atoms with E-state index >= 15 is 0 Å². The summed E-state index contributed by atoms with van der Waals surface area (Å²) in [5.41, 5.74) is 0.304. The minimum Gasteiger partial charge on any atom is -0.460 e. The minimum atomic E-state index is -1.50. The number of likely N-dealkylation sites (tertiary alicyclic amines) is 1. The van der Waals surface area contributed by atoms with E-state index in [9.17, 15) is 33.9 Å². The Hall–Kier alpha value is -4.00. The van der Waals surface area contributed by atoms with Crippen LogP contribution in [0.4, 0.5) is 0 Å². The number of benzene rings is 1. The highest BCUT2D eigenvalue weighted by atomic mass is 16.6. The second-order valence-corrected chi connectivity index (χ2v) is 17.1. The second-order valence-electron chi connectivity index (χ2n) is 17.1. The number of esters is 1. The Balaban J connectivity index is 1.69. The zero-order valence-electron chi connectivity index (χ0n) is 34.5. The number of nitrogens with zero attached hydrogens (tertiary/aromatic N) is 1. The van der Waals surface area contributed by atoms with Crippen molar-refractivity contribution in [3.63, 3.8) is 0 Å². The summed E-state index contributed by atoms with van der Waals surface area (Å²) < 4.78 is 5.32. The Morgan fingerprint density at radius 1 is 0.836 bits per heavy atom. The van der Waals surface area contributed by atoms with Gasteiger partial charge in [0.1, 0.15) is 23.7 Å². The summed E-state index contributed by atoms with van der Waals surface area (Å²) in [6, 6.07) is 5.48. The van der Waals surface area contributed by atoms with Crippen molar-refractivity contribution in [2.24, 2.45) is 23.7 Å². The van der Waals surface area contributed by atoms with Crippen molar-refractivity contribution < 1.29 is 38.6 Å². The second kappa shape index (κ2) is 20.8. The van der Waals surface area contributed by atoms with E-state index in [0.717, 1.165) is 24.8 Å². The van der Waals surface area contributed by atoms with Gasteiger partial charge in [-0.3, -0.25) is 28.8 Å². The van der Waals surface area contributed by atoms with Crippen LogP contribution in [0.25, 0.3) is 0 Å². The van der Waals surface area contributed by atoms with Crippen LogP contribution in [0.2, 0.25) is 0 Å². The molecule has 1 saturated carbocycles. The Morgan fingerprint density at radius 3 is 2.07 bits per heavy atom. The number of ether oxygens (including phenoxy) is 1. The topological polar surface area (TPSA) is 183 Å². The number of fused-ring (bicyclic) bond motifs is 1. The lowest BCUT2D eigenvalue weighted by Gasteiger charge is -2.34. The summed E-state index contributed by atoms with van der Waals surface area (Å²) in [6.07, 6.45) is 3.25. The van der Waals surface area contributed by atoms with Gasteiger partial charge in [0.05, 0.1) is 12.1 Å². The standard InChI is InChI=1S/C42H67N5O8/c1-10-17-31(37(50)40(53)43-27(6)28-18-12-11-13-19-28)44-39(52)36-30-21-16-20-29(30)24-47(36)41(54)35(26(4)5)46-38(51)34(25(2)3)45-32(48)22-14-15-23-33(49)55-42(7,8)9/h11-13,18-19,25-27,29-31,34-37,50H,10,14-17,20-24H2,1-9H3,(H,43,53)(H,44,52)(H,45,48)(H,46,51)/t27-,29-,30-,31?,34-,35-,36?,37?/m0/s1. The Kier molecular flexibility index (Phi) is 17.2. The fourth-order valence-electron chi connectivity index (χ4n) is 7.73. The number of aliphatic hydroxyl groups is 1. The maximum atomic E-state index is 14.4. The maximum Gasteiger partial charge on any atom is 0.306 e. The third-order valence-corrected chi connectivity index (χ3v) is 10.6. The molecule has 1 heterocycles. The molecule has 1 aliphatic heterocycles. The molecular weight excluding hydrogens is 702 g/mol. The number of carbonyl (C=O) groups excluding carboxylic acids is 6. The SMILES string of the molecule is CCCC(NC(=O)C1[C@H]2CCC[C@H]2CN1C(=O)[C@@H](NC(=O)[C@@H](NC(=O)CCCCC(=O)OC(C)(C)C)C(C)C)C(C)C)C(O)C(=O)N[C@@H](C)c1ccccc1. The zero-order chi connectivity index (χ0) is 41.0. The van der Waals surface area contributed by atoms with Crippen molar-refractivity contribution in [1.82, 2.24) is 26.2 Å². The zero-order valence-corrected chi connectivity index (χ0v) is 34.5. The molecule has 2 aliphatic rings. The quantitative estimate of drug-likeness (QED) is 0.102. The van der Waals surface area contributed by atoms with Crippen LogP contribution in [0.5, 0.6) is 0 Å². The molecule has 1 aromatic carbocycles. The first-order chi connectivity index (χ1) is 25.8. The van der Waals surface area contributed by atoms with Gasteiger partial charge < -0.3 is 36.0 Å². The van der Waals surface area contributed by atoms with E-state index in [4.69, 9.17) is 4.74 Å². The van der Waals surface area contributed by atoms with Crippen LogP contribution in [0, 0.1) is 23.7 Å². The number of amides is 5. The van der Waals surface area contributed by atoms with E-state index in [1.54, 1.807) is 25.7 Å². The molecule has 3 rings (SSSR count). The first kappa shape index (κ1) is 45.4. The van der Waals surface area contributed by atoms with Crippen LogP contribution in [0.15, 0.2) is 30.3 Å². The Labute approximate surface area is 327 Å². The molecule has 13 heteroatoms. The van der Waals surface area contributed by atoms with Gasteiger partial charge >= 0.3 is 5.97 Å². The van der Waals surface area contributed by atoms with Crippen LogP contribution < -0.4 is 21.3 Å². The molecule has 1 saturated heterocycles. The molecule has 0 spiro atoms. The van der Waals surface area contributed by atoms with Crippen molar-refractivity contribution in [3.8, 4) is 0 Å². The molecule has 13 nitrogen and oxygen atoms in total. The van der Waals surface area contributed by atoms with Crippen LogP contribution in [0.1, 0.15) is 132 Å². The van der Waals surface area contributed by atoms with E-state index < -0.39 is 53.6 Å². The smallest absolute Gasteiger partial charge is 0.306 e. The summed E-state index contributed by atoms with van der Waals surface area (Å²) in [5, 5.41) is 22.7. The molecule has 5 N–H and O–H groups in total. The van der Waals surface area contributed by atoms with Gasteiger partial charge in [-0.05, 0) is 89.0 Å². The average molecular weight is 770 g/mol. The number of hydrogen-bond donors (Lipinski definition) is 5. The van der Waals surface area contributed by atoms with Gasteiger partial charge in [-0.25, -0.2) is 0 Å². The number of carbonyl (C=O) groups is 6. The fourth-order valence-corrected chi connectivity index (χ4v) is 7.73. The number of unbranched alkanes of at least 4 members (excludes halogenated alkanes) is 1. The van der Waals surface area contributed by atoms with Gasteiger partial charge in [0.2, 0.25) is 23.6 Å². The largest absolute Gasteiger partial charge is 0.460 e. The Morgan fingerprint density at radius 2 is 1.47 bits per heavy atom. The lowest BCUT2D eigenvalue weighted by molar-refractivity contribution is -0.155. The predicted octanol–water partition coefficient (Wildman–Crippen LogP) is 4.32. The number of rotatable bonds is 19. The number of aliphatic hydroxyl groups excluding tert-OH is 1. The summed E-state index contributed by atoms with van der Waals surface area (Å²) in [4.78, 5) is 82.0. The van der Waals surface area contributed by atoms with E-state index in [1.807, 2.05) is 71.9 Å². The summed E-state index contributed by atoms with van der Waals surface area (Å²) >= 11 is 0. The predicted molar refractivity (Wildman–Crippen MR) is 210 cm³/mol. The van der Waals surface area contributed by atoms with Gasteiger partial charge in [0.25, 0.3) is 5.91 Å². The highest BCUT2D eigenvalue weighted by molar-refractivity contribution is 5.95. The molecule has 0 aromatic heterocycles. The first-order valence-electron chi connectivity index (χ1n) is 20.3.